The number of hydrogen-bond acceptors (Lipinski definition) is 3. The minimum atomic E-state index is -1.38. The minimum absolute atomic E-state index is 0.284. The highest BCUT2D eigenvalue weighted by Gasteiger charge is 2.08. The van der Waals surface area contributed by atoms with E-state index in [1.54, 1.807) is 48.7 Å². The van der Waals surface area contributed by atoms with Gasteiger partial charge in [-0.3, -0.25) is 9.78 Å². The number of amides is 1. The molecule has 1 aromatic heterocycles. The molecule has 0 fully saturated rings. The fourth-order valence-electron chi connectivity index (χ4n) is 2.55. The van der Waals surface area contributed by atoms with E-state index in [-0.39, 0.29) is 5.91 Å². The predicted octanol–water partition coefficient (Wildman–Crippen LogP) is 4.09. The standard InChI is InChI=1S/C20H19N3O2S/c1-14-11-15(2)13-17(12-14)23-26(25)18-8-6-16(7-9-18)22-20(24)19-5-3-4-10-21-19/h3-13,23H,1-2H3,(H,22,24). The Labute approximate surface area is 155 Å². The molecule has 0 aliphatic heterocycles. The van der Waals surface area contributed by atoms with Crippen molar-refractivity contribution < 1.29 is 9.00 Å². The van der Waals surface area contributed by atoms with E-state index in [9.17, 15) is 9.00 Å². The van der Waals surface area contributed by atoms with Crippen molar-refractivity contribution in [3.05, 3.63) is 83.7 Å². The highest BCUT2D eigenvalue weighted by Crippen LogP contribution is 2.18. The summed E-state index contributed by atoms with van der Waals surface area (Å²) in [4.78, 5) is 16.7. The summed E-state index contributed by atoms with van der Waals surface area (Å²) in [5, 5.41) is 2.77. The van der Waals surface area contributed by atoms with Crippen LogP contribution in [0.25, 0.3) is 0 Å². The van der Waals surface area contributed by atoms with Gasteiger partial charge in [-0.2, -0.15) is 0 Å². The Hall–Kier alpha value is -2.99. The van der Waals surface area contributed by atoms with Crippen LogP contribution in [0, 0.1) is 13.8 Å². The largest absolute Gasteiger partial charge is 0.321 e. The Morgan fingerprint density at radius 3 is 2.23 bits per heavy atom. The lowest BCUT2D eigenvalue weighted by Crippen LogP contribution is -2.13. The molecule has 1 heterocycles. The van der Waals surface area contributed by atoms with Crippen molar-refractivity contribution in [2.24, 2.45) is 0 Å². The molecule has 2 aromatic carbocycles. The third-order valence-corrected chi connectivity index (χ3v) is 4.78. The number of aromatic nitrogens is 1. The average molecular weight is 365 g/mol. The Kier molecular flexibility index (Phi) is 5.43. The number of benzene rings is 2. The fourth-order valence-corrected chi connectivity index (χ4v) is 3.39. The summed E-state index contributed by atoms with van der Waals surface area (Å²) in [7, 11) is -1.38. The smallest absolute Gasteiger partial charge is 0.274 e. The maximum absolute atomic E-state index is 12.5. The van der Waals surface area contributed by atoms with E-state index in [2.05, 4.69) is 21.1 Å². The van der Waals surface area contributed by atoms with Crippen LogP contribution in [0.5, 0.6) is 0 Å². The Balaban J connectivity index is 1.67. The second-order valence-electron chi connectivity index (χ2n) is 5.94. The molecular formula is C20H19N3O2S. The molecule has 0 aliphatic carbocycles. The van der Waals surface area contributed by atoms with E-state index in [1.165, 1.54) is 0 Å². The maximum Gasteiger partial charge on any atom is 0.274 e. The van der Waals surface area contributed by atoms with Crippen LogP contribution in [0.4, 0.5) is 11.4 Å². The molecular weight excluding hydrogens is 346 g/mol. The van der Waals surface area contributed by atoms with E-state index < -0.39 is 11.0 Å². The van der Waals surface area contributed by atoms with Crippen LogP contribution in [0.1, 0.15) is 21.6 Å². The first-order valence-electron chi connectivity index (χ1n) is 8.10. The van der Waals surface area contributed by atoms with Gasteiger partial charge >= 0.3 is 0 Å². The van der Waals surface area contributed by atoms with E-state index in [1.807, 2.05) is 26.0 Å². The summed E-state index contributed by atoms with van der Waals surface area (Å²) < 4.78 is 15.5. The van der Waals surface area contributed by atoms with Crippen LogP contribution in [-0.4, -0.2) is 15.1 Å². The van der Waals surface area contributed by atoms with Gasteiger partial charge in [-0.05, 0) is 73.5 Å². The number of aryl methyl sites for hydroxylation is 2. The summed E-state index contributed by atoms with van der Waals surface area (Å²) in [6, 6.07) is 18.0. The fraction of sp³-hybridized carbons (Fsp3) is 0.100. The lowest BCUT2D eigenvalue weighted by Gasteiger charge is -2.09. The van der Waals surface area contributed by atoms with Crippen LogP contribution in [0.3, 0.4) is 0 Å². The van der Waals surface area contributed by atoms with Crippen molar-refractivity contribution in [3.63, 3.8) is 0 Å². The highest BCUT2D eigenvalue weighted by molar-refractivity contribution is 7.86. The van der Waals surface area contributed by atoms with Gasteiger partial charge in [0.15, 0.2) is 0 Å². The topological polar surface area (TPSA) is 71.1 Å². The summed E-state index contributed by atoms with van der Waals surface area (Å²) in [5.74, 6) is -0.284. The van der Waals surface area contributed by atoms with Gasteiger partial charge in [0, 0.05) is 17.6 Å². The van der Waals surface area contributed by atoms with Gasteiger partial charge in [-0.15, -0.1) is 0 Å². The molecule has 132 valence electrons. The molecule has 0 radical (unpaired) electrons. The molecule has 26 heavy (non-hydrogen) atoms. The molecule has 3 aromatic rings. The number of carbonyl (C=O) groups is 1. The SMILES string of the molecule is Cc1cc(C)cc(NS(=O)c2ccc(NC(=O)c3ccccn3)cc2)c1. The van der Waals surface area contributed by atoms with E-state index in [0.717, 1.165) is 16.8 Å². The van der Waals surface area contributed by atoms with Crippen molar-refractivity contribution in [1.29, 1.82) is 0 Å². The molecule has 0 aliphatic rings. The zero-order valence-corrected chi connectivity index (χ0v) is 15.3. The molecule has 1 atom stereocenters. The number of carbonyl (C=O) groups excluding carboxylic acids is 1. The summed E-state index contributed by atoms with van der Waals surface area (Å²) in [6.07, 6.45) is 1.57. The molecule has 2 N–H and O–H groups in total. The molecule has 1 amide bonds. The zero-order valence-electron chi connectivity index (χ0n) is 14.5. The molecule has 3 rings (SSSR count). The lowest BCUT2D eigenvalue weighted by atomic mass is 10.1. The first-order valence-corrected chi connectivity index (χ1v) is 9.25. The number of nitrogens with one attached hydrogen (secondary N) is 2. The second-order valence-corrected chi connectivity index (χ2v) is 7.15. The van der Waals surface area contributed by atoms with Gasteiger partial charge in [0.25, 0.3) is 5.91 Å². The third kappa shape index (κ3) is 4.55. The lowest BCUT2D eigenvalue weighted by molar-refractivity contribution is 0.102. The van der Waals surface area contributed by atoms with Crippen molar-refractivity contribution in [3.8, 4) is 0 Å². The monoisotopic (exact) mass is 365 g/mol. The van der Waals surface area contributed by atoms with E-state index in [0.29, 0.717) is 16.3 Å². The zero-order chi connectivity index (χ0) is 18.5. The maximum atomic E-state index is 12.5. The normalized spacial score (nSPS) is 11.6. The van der Waals surface area contributed by atoms with Crippen LogP contribution >= 0.6 is 0 Å². The van der Waals surface area contributed by atoms with E-state index in [4.69, 9.17) is 0 Å². The number of pyridine rings is 1. The highest BCUT2D eigenvalue weighted by atomic mass is 32.2. The van der Waals surface area contributed by atoms with Crippen LogP contribution in [0.2, 0.25) is 0 Å². The third-order valence-electron chi connectivity index (χ3n) is 3.66. The average Bonchev–Trinajstić information content (AvgIpc) is 2.62. The summed E-state index contributed by atoms with van der Waals surface area (Å²) in [5.41, 5.74) is 3.99. The number of hydrogen-bond donors (Lipinski definition) is 2. The number of rotatable bonds is 5. The van der Waals surface area contributed by atoms with Crippen molar-refractivity contribution in [2.45, 2.75) is 18.7 Å². The first-order chi connectivity index (χ1) is 12.5. The van der Waals surface area contributed by atoms with Crippen LogP contribution < -0.4 is 10.0 Å². The molecule has 1 unspecified atom stereocenters. The van der Waals surface area contributed by atoms with Gasteiger partial charge in [-0.1, -0.05) is 12.1 Å². The van der Waals surface area contributed by atoms with Gasteiger partial charge in [-0.25, -0.2) is 4.21 Å². The first kappa shape index (κ1) is 17.8. The summed E-state index contributed by atoms with van der Waals surface area (Å²) >= 11 is 0. The van der Waals surface area contributed by atoms with Crippen molar-refractivity contribution >= 4 is 28.3 Å². The number of anilines is 2. The van der Waals surface area contributed by atoms with Crippen LogP contribution in [-0.2, 0) is 11.0 Å². The minimum Gasteiger partial charge on any atom is -0.321 e. The predicted molar refractivity (Wildman–Crippen MR) is 105 cm³/mol. The van der Waals surface area contributed by atoms with Gasteiger partial charge in [0.2, 0.25) is 0 Å². The quantitative estimate of drug-likeness (QED) is 0.715. The van der Waals surface area contributed by atoms with E-state index >= 15 is 0 Å². The Bertz CT molecular complexity index is 921. The molecule has 6 heteroatoms. The molecule has 0 spiro atoms. The van der Waals surface area contributed by atoms with Crippen molar-refractivity contribution in [1.82, 2.24) is 4.98 Å². The Morgan fingerprint density at radius 2 is 1.62 bits per heavy atom. The molecule has 0 saturated heterocycles. The van der Waals surface area contributed by atoms with Crippen LogP contribution in [0.15, 0.2) is 71.8 Å². The Morgan fingerprint density at radius 1 is 0.923 bits per heavy atom. The van der Waals surface area contributed by atoms with Crippen molar-refractivity contribution in [2.75, 3.05) is 10.0 Å². The second kappa shape index (κ2) is 7.93. The molecule has 0 saturated carbocycles. The van der Waals surface area contributed by atoms with Gasteiger partial charge in [0.05, 0.1) is 4.90 Å². The summed E-state index contributed by atoms with van der Waals surface area (Å²) in [6.45, 7) is 4.00. The molecule has 0 bridgehead atoms. The number of nitrogens with zero attached hydrogens (tertiary/aromatic N) is 1. The molecule has 5 nitrogen and oxygen atoms in total. The van der Waals surface area contributed by atoms with Gasteiger partial charge < -0.3 is 10.0 Å². The van der Waals surface area contributed by atoms with Gasteiger partial charge in [0.1, 0.15) is 16.7 Å².